The highest BCUT2D eigenvalue weighted by Crippen LogP contribution is 1.64. The van der Waals surface area contributed by atoms with Gasteiger partial charge in [-0.3, -0.25) is 11.3 Å². The van der Waals surface area contributed by atoms with E-state index < -0.39 is 0 Å². The van der Waals surface area contributed by atoms with Crippen molar-refractivity contribution in [3.05, 3.63) is 0 Å². The van der Waals surface area contributed by atoms with Crippen molar-refractivity contribution in [1.29, 1.82) is 0 Å². The molecule has 0 aliphatic heterocycles. The van der Waals surface area contributed by atoms with Gasteiger partial charge in [0.2, 0.25) is 0 Å². The third-order valence-corrected chi connectivity index (χ3v) is 0.333. The summed E-state index contributed by atoms with van der Waals surface area (Å²) in [5.41, 5.74) is 2.53. The van der Waals surface area contributed by atoms with Crippen LogP contribution in [0.4, 0.5) is 0 Å². The molecule has 0 radical (unpaired) electrons. The summed E-state index contributed by atoms with van der Waals surface area (Å²) in [6.07, 6.45) is 0. The van der Waals surface area contributed by atoms with Crippen molar-refractivity contribution in [3.8, 4) is 0 Å². The molecule has 0 heterocycles. The van der Waals surface area contributed by atoms with Crippen LogP contribution in [0.1, 0.15) is 13.8 Å². The number of hydrogen-bond acceptors (Lipinski definition) is 2. The molecule has 0 atom stereocenters. The normalized spacial score (nSPS) is 8.00. The molecule has 0 fully saturated rings. The molecule has 0 aromatic rings. The first-order valence-corrected chi connectivity index (χ1v) is 1.73. The van der Waals surface area contributed by atoms with Crippen molar-refractivity contribution in [2.45, 2.75) is 19.9 Å². The third kappa shape index (κ3) is 9.11. The number of rotatable bonds is 1. The van der Waals surface area contributed by atoms with E-state index in [0.717, 1.165) is 0 Å². The summed E-state index contributed by atoms with van der Waals surface area (Å²) in [6, 6.07) is 0.412. The van der Waals surface area contributed by atoms with Gasteiger partial charge < -0.3 is 5.48 Å². The van der Waals surface area contributed by atoms with E-state index in [4.69, 9.17) is 5.84 Å². The van der Waals surface area contributed by atoms with Crippen LogP contribution in [0.3, 0.4) is 0 Å². The minimum absolute atomic E-state index is 0. The molecular formula is C3H12N2O. The van der Waals surface area contributed by atoms with E-state index in [9.17, 15) is 0 Å². The molecular weight excluding hydrogens is 80.0 g/mol. The van der Waals surface area contributed by atoms with E-state index in [0.29, 0.717) is 6.04 Å². The zero-order chi connectivity index (χ0) is 4.28. The quantitative estimate of drug-likeness (QED) is 0.323. The van der Waals surface area contributed by atoms with Gasteiger partial charge in [0.15, 0.2) is 0 Å². The molecule has 40 valence electrons. The van der Waals surface area contributed by atoms with Crippen molar-refractivity contribution >= 4 is 0 Å². The first-order chi connectivity index (χ1) is 2.27. The molecule has 5 N–H and O–H groups in total. The summed E-state index contributed by atoms with van der Waals surface area (Å²) in [4.78, 5) is 0. The number of hydrogen-bond donors (Lipinski definition) is 2. The largest absolute Gasteiger partial charge is 0.412 e. The maximum absolute atomic E-state index is 4.92. The molecule has 0 amide bonds. The fourth-order valence-electron chi connectivity index (χ4n) is 0. The molecule has 0 unspecified atom stereocenters. The molecule has 3 heteroatoms. The number of nitrogens with two attached hydrogens (primary N) is 1. The standard InChI is InChI=1S/C3H10N2.H2O/c1-3(2)5-4;/h3,5H,4H2,1-2H3;1H2. The smallest absolute Gasteiger partial charge is 0.0153 e. The van der Waals surface area contributed by atoms with Crippen LogP contribution < -0.4 is 11.3 Å². The molecule has 0 aliphatic rings. The van der Waals surface area contributed by atoms with Crippen LogP contribution >= 0.6 is 0 Å². The van der Waals surface area contributed by atoms with Gasteiger partial charge in [0.05, 0.1) is 0 Å². The van der Waals surface area contributed by atoms with Crippen molar-refractivity contribution in [1.82, 2.24) is 5.43 Å². The lowest BCUT2D eigenvalue weighted by molar-refractivity contribution is 0.617. The summed E-state index contributed by atoms with van der Waals surface area (Å²) in [5.74, 6) is 4.92. The van der Waals surface area contributed by atoms with Gasteiger partial charge in [-0.25, -0.2) is 0 Å². The number of hydrazine groups is 1. The van der Waals surface area contributed by atoms with Crippen molar-refractivity contribution in [2.24, 2.45) is 5.84 Å². The topological polar surface area (TPSA) is 69.5 Å². The Morgan fingerprint density at radius 3 is 1.67 bits per heavy atom. The highest BCUT2D eigenvalue weighted by molar-refractivity contribution is 4.38. The fraction of sp³-hybridized carbons (Fsp3) is 1.00. The van der Waals surface area contributed by atoms with E-state index in [-0.39, 0.29) is 5.48 Å². The lowest BCUT2D eigenvalue weighted by Crippen LogP contribution is -2.29. The molecule has 0 bridgehead atoms. The van der Waals surface area contributed by atoms with E-state index in [2.05, 4.69) is 5.43 Å². The van der Waals surface area contributed by atoms with Crippen molar-refractivity contribution in [2.75, 3.05) is 0 Å². The fourth-order valence-corrected chi connectivity index (χ4v) is 0. The molecule has 0 aromatic heterocycles. The summed E-state index contributed by atoms with van der Waals surface area (Å²) in [6.45, 7) is 3.97. The van der Waals surface area contributed by atoms with Gasteiger partial charge in [-0.1, -0.05) is 0 Å². The Hall–Kier alpha value is -0.120. The zero-order valence-corrected chi connectivity index (χ0v) is 4.15. The molecule has 3 nitrogen and oxygen atoms in total. The third-order valence-electron chi connectivity index (χ3n) is 0.333. The SMILES string of the molecule is CC(C)NN.O. The van der Waals surface area contributed by atoms with Crippen LogP contribution in [0.5, 0.6) is 0 Å². The summed E-state index contributed by atoms with van der Waals surface area (Å²) in [7, 11) is 0. The van der Waals surface area contributed by atoms with E-state index >= 15 is 0 Å². The monoisotopic (exact) mass is 92.1 g/mol. The maximum atomic E-state index is 4.92. The molecule has 0 rings (SSSR count). The Bertz CT molecular complexity index is 22.8. The predicted molar refractivity (Wildman–Crippen MR) is 26.1 cm³/mol. The average molecular weight is 92.1 g/mol. The first-order valence-electron chi connectivity index (χ1n) is 1.73. The number of nitrogens with one attached hydrogen (secondary N) is 1. The van der Waals surface area contributed by atoms with Gasteiger partial charge in [-0.05, 0) is 13.8 Å². The Balaban J connectivity index is 0. The zero-order valence-electron chi connectivity index (χ0n) is 4.15. The maximum Gasteiger partial charge on any atom is 0.0153 e. The second-order valence-electron chi connectivity index (χ2n) is 1.32. The Labute approximate surface area is 37.8 Å². The van der Waals surface area contributed by atoms with Crippen molar-refractivity contribution in [3.63, 3.8) is 0 Å². The summed E-state index contributed by atoms with van der Waals surface area (Å²) >= 11 is 0. The first kappa shape index (κ1) is 9.30. The highest BCUT2D eigenvalue weighted by Gasteiger charge is 1.77. The second kappa shape index (κ2) is 4.88. The second-order valence-corrected chi connectivity index (χ2v) is 1.32. The van der Waals surface area contributed by atoms with Gasteiger partial charge in [-0.2, -0.15) is 0 Å². The van der Waals surface area contributed by atoms with Gasteiger partial charge in [0, 0.05) is 6.04 Å². The van der Waals surface area contributed by atoms with Crippen LogP contribution in [0, 0.1) is 0 Å². The Morgan fingerprint density at radius 2 is 1.67 bits per heavy atom. The molecule has 0 saturated heterocycles. The van der Waals surface area contributed by atoms with Crippen LogP contribution in [0.15, 0.2) is 0 Å². The van der Waals surface area contributed by atoms with Crippen LogP contribution in [-0.4, -0.2) is 11.5 Å². The summed E-state index contributed by atoms with van der Waals surface area (Å²) in [5, 5.41) is 0. The lowest BCUT2D eigenvalue weighted by Gasteiger charge is -1.95. The average Bonchev–Trinajstić information content (AvgIpc) is 1.38. The molecule has 0 aliphatic carbocycles. The Morgan fingerprint density at radius 1 is 1.50 bits per heavy atom. The highest BCUT2D eigenvalue weighted by atomic mass is 16.0. The molecule has 0 aromatic carbocycles. The lowest BCUT2D eigenvalue weighted by atomic mass is 10.4. The molecule has 0 saturated carbocycles. The Kier molecular flexibility index (Phi) is 7.57. The van der Waals surface area contributed by atoms with Crippen LogP contribution in [0.25, 0.3) is 0 Å². The predicted octanol–water partition coefficient (Wildman–Crippen LogP) is -0.967. The van der Waals surface area contributed by atoms with Gasteiger partial charge in [-0.15, -0.1) is 0 Å². The summed E-state index contributed by atoms with van der Waals surface area (Å²) < 4.78 is 0. The van der Waals surface area contributed by atoms with E-state index in [1.165, 1.54) is 0 Å². The van der Waals surface area contributed by atoms with Crippen LogP contribution in [0.2, 0.25) is 0 Å². The van der Waals surface area contributed by atoms with E-state index in [1.54, 1.807) is 0 Å². The van der Waals surface area contributed by atoms with Crippen molar-refractivity contribution < 1.29 is 5.48 Å². The van der Waals surface area contributed by atoms with Gasteiger partial charge in [0.1, 0.15) is 0 Å². The molecule has 0 spiro atoms. The van der Waals surface area contributed by atoms with Crippen LogP contribution in [-0.2, 0) is 0 Å². The van der Waals surface area contributed by atoms with Gasteiger partial charge in [0.25, 0.3) is 0 Å². The minimum atomic E-state index is 0. The molecule has 6 heavy (non-hydrogen) atoms. The minimum Gasteiger partial charge on any atom is -0.412 e. The van der Waals surface area contributed by atoms with E-state index in [1.807, 2.05) is 13.8 Å². The van der Waals surface area contributed by atoms with Gasteiger partial charge >= 0.3 is 0 Å².